The van der Waals surface area contributed by atoms with Crippen molar-refractivity contribution in [3.05, 3.63) is 131 Å². The van der Waals surface area contributed by atoms with Gasteiger partial charge in [-0.3, -0.25) is 4.79 Å². The zero-order valence-electron chi connectivity index (χ0n) is 18.6. The standard InChI is InChI=1S/C29H25NO4/c31-28(19-22-11-15-25(16-12-22)29(32)33)30(20-23-7-3-1-4-8-23)21-24-13-17-27(18-14-24)34-26-9-5-2-6-10-26/h1-18H,19-21H2,(H,32,33). The molecule has 4 rings (SSSR count). The molecular weight excluding hydrogens is 426 g/mol. The molecule has 4 aromatic rings. The fraction of sp³-hybridized carbons (Fsp3) is 0.103. The normalized spacial score (nSPS) is 10.5. The highest BCUT2D eigenvalue weighted by molar-refractivity contribution is 5.87. The molecule has 4 aromatic carbocycles. The third-order valence-electron chi connectivity index (χ3n) is 5.40. The van der Waals surface area contributed by atoms with Crippen molar-refractivity contribution in [3.63, 3.8) is 0 Å². The number of para-hydroxylation sites is 1. The van der Waals surface area contributed by atoms with Gasteiger partial charge in [0.1, 0.15) is 11.5 Å². The van der Waals surface area contributed by atoms with Crippen LogP contribution in [0.4, 0.5) is 0 Å². The lowest BCUT2D eigenvalue weighted by Gasteiger charge is -2.23. The molecule has 5 nitrogen and oxygen atoms in total. The van der Waals surface area contributed by atoms with E-state index >= 15 is 0 Å². The van der Waals surface area contributed by atoms with Gasteiger partial charge in [0.2, 0.25) is 5.91 Å². The van der Waals surface area contributed by atoms with E-state index in [0.29, 0.717) is 13.1 Å². The lowest BCUT2D eigenvalue weighted by atomic mass is 10.1. The summed E-state index contributed by atoms with van der Waals surface area (Å²) in [5, 5.41) is 9.09. The molecule has 0 atom stereocenters. The summed E-state index contributed by atoms with van der Waals surface area (Å²) in [6, 6.07) is 33.6. The first kappa shape index (κ1) is 22.8. The molecule has 0 saturated carbocycles. The Morgan fingerprint density at radius 3 is 1.71 bits per heavy atom. The molecule has 0 saturated heterocycles. The van der Waals surface area contributed by atoms with Crippen LogP contribution in [0.25, 0.3) is 0 Å². The number of hydrogen-bond donors (Lipinski definition) is 1. The molecule has 0 radical (unpaired) electrons. The number of ether oxygens (including phenoxy) is 1. The predicted octanol–water partition coefficient (Wildman–Crippen LogP) is 5.95. The van der Waals surface area contributed by atoms with Gasteiger partial charge in [0.25, 0.3) is 0 Å². The van der Waals surface area contributed by atoms with E-state index in [1.165, 1.54) is 12.1 Å². The molecule has 1 N–H and O–H groups in total. The summed E-state index contributed by atoms with van der Waals surface area (Å²) in [5.41, 5.74) is 3.02. The molecule has 170 valence electrons. The Kier molecular flexibility index (Phi) is 7.35. The highest BCUT2D eigenvalue weighted by atomic mass is 16.5. The lowest BCUT2D eigenvalue weighted by molar-refractivity contribution is -0.131. The van der Waals surface area contributed by atoms with E-state index in [0.717, 1.165) is 28.2 Å². The molecule has 0 aromatic heterocycles. The van der Waals surface area contributed by atoms with Gasteiger partial charge in [-0.25, -0.2) is 4.79 Å². The SMILES string of the molecule is O=C(O)c1ccc(CC(=O)N(Cc2ccccc2)Cc2ccc(Oc3ccccc3)cc2)cc1. The van der Waals surface area contributed by atoms with Gasteiger partial charge < -0.3 is 14.7 Å². The molecule has 0 aliphatic rings. The van der Waals surface area contributed by atoms with Gasteiger partial charge in [0, 0.05) is 13.1 Å². The summed E-state index contributed by atoms with van der Waals surface area (Å²) < 4.78 is 5.86. The molecule has 0 fully saturated rings. The summed E-state index contributed by atoms with van der Waals surface area (Å²) in [7, 11) is 0. The van der Waals surface area contributed by atoms with Crippen LogP contribution in [-0.4, -0.2) is 21.9 Å². The molecule has 0 spiro atoms. The highest BCUT2D eigenvalue weighted by Gasteiger charge is 2.16. The molecule has 0 heterocycles. The number of amides is 1. The minimum absolute atomic E-state index is 0.0310. The maximum atomic E-state index is 13.2. The van der Waals surface area contributed by atoms with E-state index < -0.39 is 5.97 Å². The number of carbonyl (C=O) groups excluding carboxylic acids is 1. The van der Waals surface area contributed by atoms with Gasteiger partial charge in [0.05, 0.1) is 12.0 Å². The van der Waals surface area contributed by atoms with Gasteiger partial charge in [-0.2, -0.15) is 0 Å². The second-order valence-electron chi connectivity index (χ2n) is 7.97. The Labute approximate surface area is 198 Å². The fourth-order valence-corrected chi connectivity index (χ4v) is 3.60. The molecule has 0 bridgehead atoms. The first-order chi connectivity index (χ1) is 16.6. The summed E-state index contributed by atoms with van der Waals surface area (Å²) in [5.74, 6) is 0.485. The van der Waals surface area contributed by atoms with Crippen molar-refractivity contribution in [2.24, 2.45) is 0 Å². The Hall–Kier alpha value is -4.38. The van der Waals surface area contributed by atoms with Gasteiger partial charge >= 0.3 is 5.97 Å². The molecule has 1 amide bonds. The molecular formula is C29H25NO4. The van der Waals surface area contributed by atoms with Crippen LogP contribution in [0.2, 0.25) is 0 Å². The van der Waals surface area contributed by atoms with Crippen LogP contribution in [-0.2, 0) is 24.3 Å². The third-order valence-corrected chi connectivity index (χ3v) is 5.40. The quantitative estimate of drug-likeness (QED) is 0.342. The van der Waals surface area contributed by atoms with E-state index in [1.54, 1.807) is 12.1 Å². The first-order valence-corrected chi connectivity index (χ1v) is 11.0. The second-order valence-corrected chi connectivity index (χ2v) is 7.97. The van der Waals surface area contributed by atoms with Crippen molar-refractivity contribution >= 4 is 11.9 Å². The Balaban J connectivity index is 1.47. The minimum atomic E-state index is -0.983. The van der Waals surface area contributed by atoms with E-state index in [2.05, 4.69) is 0 Å². The minimum Gasteiger partial charge on any atom is -0.478 e. The van der Waals surface area contributed by atoms with Gasteiger partial charge in [-0.05, 0) is 53.1 Å². The van der Waals surface area contributed by atoms with Crippen LogP contribution in [0, 0.1) is 0 Å². The second kappa shape index (κ2) is 11.0. The zero-order chi connectivity index (χ0) is 23.8. The van der Waals surface area contributed by atoms with Crippen molar-refractivity contribution in [1.29, 1.82) is 0 Å². The Bertz CT molecular complexity index is 1220. The lowest BCUT2D eigenvalue weighted by Crippen LogP contribution is -2.31. The van der Waals surface area contributed by atoms with E-state index in [9.17, 15) is 9.59 Å². The summed E-state index contributed by atoms with van der Waals surface area (Å²) in [6.07, 6.45) is 0.196. The van der Waals surface area contributed by atoms with Crippen LogP contribution in [0.1, 0.15) is 27.0 Å². The third kappa shape index (κ3) is 6.33. The van der Waals surface area contributed by atoms with Crippen LogP contribution >= 0.6 is 0 Å². The number of benzene rings is 4. The highest BCUT2D eigenvalue weighted by Crippen LogP contribution is 2.22. The number of carboxylic acids is 1. The summed E-state index contributed by atoms with van der Waals surface area (Å²) >= 11 is 0. The zero-order valence-corrected chi connectivity index (χ0v) is 18.6. The van der Waals surface area contributed by atoms with Crippen LogP contribution in [0.5, 0.6) is 11.5 Å². The molecule has 0 aliphatic carbocycles. The maximum absolute atomic E-state index is 13.2. The topological polar surface area (TPSA) is 66.8 Å². The van der Waals surface area contributed by atoms with Crippen molar-refractivity contribution in [1.82, 2.24) is 4.90 Å². The summed E-state index contributed by atoms with van der Waals surface area (Å²) in [4.78, 5) is 26.1. The van der Waals surface area contributed by atoms with Gasteiger partial charge in [-0.1, -0.05) is 72.8 Å². The van der Waals surface area contributed by atoms with Crippen LogP contribution in [0.3, 0.4) is 0 Å². The predicted molar refractivity (Wildman–Crippen MR) is 131 cm³/mol. The number of carbonyl (C=O) groups is 2. The summed E-state index contributed by atoms with van der Waals surface area (Å²) in [6.45, 7) is 0.932. The Morgan fingerprint density at radius 1 is 0.618 bits per heavy atom. The Morgan fingerprint density at radius 2 is 1.12 bits per heavy atom. The molecule has 0 unspecified atom stereocenters. The molecule has 34 heavy (non-hydrogen) atoms. The van der Waals surface area contributed by atoms with Crippen LogP contribution in [0.15, 0.2) is 109 Å². The van der Waals surface area contributed by atoms with Gasteiger partial charge in [-0.15, -0.1) is 0 Å². The van der Waals surface area contributed by atoms with Gasteiger partial charge in [0.15, 0.2) is 0 Å². The average molecular weight is 452 g/mol. The molecule has 5 heteroatoms. The number of rotatable bonds is 9. The monoisotopic (exact) mass is 451 g/mol. The van der Waals surface area contributed by atoms with Crippen molar-refractivity contribution in [2.75, 3.05) is 0 Å². The van der Waals surface area contributed by atoms with E-state index in [-0.39, 0.29) is 17.9 Å². The van der Waals surface area contributed by atoms with E-state index in [1.807, 2.05) is 89.8 Å². The number of carboxylic acid groups (broad SMARTS) is 1. The smallest absolute Gasteiger partial charge is 0.335 e. The van der Waals surface area contributed by atoms with Crippen molar-refractivity contribution in [3.8, 4) is 11.5 Å². The average Bonchev–Trinajstić information content (AvgIpc) is 2.86. The van der Waals surface area contributed by atoms with Crippen molar-refractivity contribution < 1.29 is 19.4 Å². The largest absolute Gasteiger partial charge is 0.478 e. The van der Waals surface area contributed by atoms with Crippen LogP contribution < -0.4 is 4.74 Å². The first-order valence-electron chi connectivity index (χ1n) is 11.0. The van der Waals surface area contributed by atoms with Crippen molar-refractivity contribution in [2.45, 2.75) is 19.5 Å². The number of aromatic carboxylic acids is 1. The van der Waals surface area contributed by atoms with E-state index in [4.69, 9.17) is 9.84 Å². The maximum Gasteiger partial charge on any atom is 0.335 e. The fourth-order valence-electron chi connectivity index (χ4n) is 3.60. The number of hydrogen-bond acceptors (Lipinski definition) is 3. The number of nitrogens with zero attached hydrogens (tertiary/aromatic N) is 1. The molecule has 0 aliphatic heterocycles.